The number of amides is 1. The number of hydrogen-bond donors (Lipinski definition) is 1. The molecule has 2 bridgehead atoms. The number of fused-ring (bicyclic) bond motifs is 7. The second-order valence-corrected chi connectivity index (χ2v) is 10.3. The summed E-state index contributed by atoms with van der Waals surface area (Å²) in [6.45, 7) is 2.95. The third-order valence-electron chi connectivity index (χ3n) is 8.53. The summed E-state index contributed by atoms with van der Waals surface area (Å²) in [4.78, 5) is 35.1. The number of hydrogen-bond acceptors (Lipinski definition) is 5. The molecule has 0 radical (unpaired) electrons. The van der Waals surface area contributed by atoms with Crippen LogP contribution in [0.5, 0.6) is 11.5 Å². The Labute approximate surface area is 199 Å². The first-order chi connectivity index (χ1) is 16.6. The molecule has 3 aliphatic heterocycles. The van der Waals surface area contributed by atoms with Crippen LogP contribution in [-0.4, -0.2) is 66.6 Å². The van der Waals surface area contributed by atoms with E-state index in [9.17, 15) is 9.59 Å². The molecule has 1 aromatic carbocycles. The van der Waals surface area contributed by atoms with E-state index in [1.807, 2.05) is 4.90 Å². The van der Waals surface area contributed by atoms with Gasteiger partial charge in [-0.25, -0.2) is 0 Å². The predicted molar refractivity (Wildman–Crippen MR) is 131 cm³/mol. The molecule has 1 amide bonds. The second kappa shape index (κ2) is 8.45. The topological polar surface area (TPSA) is 74.9 Å². The standard InChI is InChI=1S/C27H33N3O4/c1-33-23-12-19-21(13-24(23)34-2)28-14-20(26(19)31)27(32)30-9-5-6-16-10-17-11-18(25(16)30)15-29-8-4-3-7-22(17)29/h10,12-14,17-18,22,25H,3-9,11,15H2,1-2H3,(H,28,31)/t17-,18-,22+,25+/m0/s1. The lowest BCUT2D eigenvalue weighted by Gasteiger charge is -2.54. The van der Waals surface area contributed by atoms with Gasteiger partial charge in [0.15, 0.2) is 11.5 Å². The number of nitrogens with zero attached hydrogens (tertiary/aromatic N) is 2. The highest BCUT2D eigenvalue weighted by atomic mass is 16.5. The van der Waals surface area contributed by atoms with Gasteiger partial charge in [-0.1, -0.05) is 18.1 Å². The van der Waals surface area contributed by atoms with Gasteiger partial charge in [0.05, 0.1) is 31.2 Å². The van der Waals surface area contributed by atoms with Crippen LogP contribution in [-0.2, 0) is 0 Å². The van der Waals surface area contributed by atoms with Crippen molar-refractivity contribution in [2.45, 2.75) is 50.6 Å². The lowest BCUT2D eigenvalue weighted by atomic mass is 9.68. The molecule has 2 aromatic rings. The molecule has 0 saturated carbocycles. The summed E-state index contributed by atoms with van der Waals surface area (Å²) in [5.41, 5.74) is 2.00. The molecule has 34 heavy (non-hydrogen) atoms. The summed E-state index contributed by atoms with van der Waals surface area (Å²) >= 11 is 0. The number of carbonyl (C=O) groups is 1. The minimum absolute atomic E-state index is 0.112. The Bertz CT molecular complexity index is 1220. The van der Waals surface area contributed by atoms with Gasteiger partial charge in [0.1, 0.15) is 5.56 Å². The van der Waals surface area contributed by atoms with E-state index in [1.165, 1.54) is 31.4 Å². The van der Waals surface area contributed by atoms with Crippen molar-refractivity contribution in [3.63, 3.8) is 0 Å². The Morgan fingerprint density at radius 2 is 1.91 bits per heavy atom. The summed E-state index contributed by atoms with van der Waals surface area (Å²) in [5, 5.41) is 0.439. The molecule has 1 aromatic heterocycles. The van der Waals surface area contributed by atoms with Gasteiger partial charge in [0.2, 0.25) is 5.43 Å². The van der Waals surface area contributed by atoms with Crippen molar-refractivity contribution in [1.29, 1.82) is 0 Å². The number of H-pyrrole nitrogens is 1. The van der Waals surface area contributed by atoms with E-state index < -0.39 is 0 Å². The number of ether oxygens (including phenoxy) is 2. The first-order valence-corrected chi connectivity index (χ1v) is 12.6. The number of likely N-dealkylation sites (tertiary alicyclic amines) is 1. The summed E-state index contributed by atoms with van der Waals surface area (Å²) in [6.07, 6.45) is 11.2. The van der Waals surface area contributed by atoms with Gasteiger partial charge in [0, 0.05) is 31.4 Å². The van der Waals surface area contributed by atoms with Gasteiger partial charge in [-0.15, -0.1) is 0 Å². The molecule has 4 heterocycles. The number of aromatic nitrogens is 1. The van der Waals surface area contributed by atoms with Crippen molar-refractivity contribution in [2.24, 2.45) is 11.8 Å². The zero-order valence-electron chi connectivity index (χ0n) is 20.0. The van der Waals surface area contributed by atoms with E-state index in [0.717, 1.165) is 25.8 Å². The van der Waals surface area contributed by atoms with Gasteiger partial charge in [-0.2, -0.15) is 0 Å². The van der Waals surface area contributed by atoms with Crippen molar-refractivity contribution in [3.8, 4) is 11.5 Å². The first kappa shape index (κ1) is 21.7. The molecule has 3 saturated heterocycles. The van der Waals surface area contributed by atoms with Crippen LogP contribution >= 0.6 is 0 Å². The Hall–Kier alpha value is -2.80. The molecule has 1 aliphatic carbocycles. The smallest absolute Gasteiger partial charge is 0.259 e. The largest absolute Gasteiger partial charge is 0.493 e. The van der Waals surface area contributed by atoms with E-state index in [0.29, 0.717) is 46.8 Å². The molecular formula is C27H33N3O4. The molecule has 7 heteroatoms. The number of rotatable bonds is 3. The highest BCUT2D eigenvalue weighted by molar-refractivity contribution is 5.98. The minimum Gasteiger partial charge on any atom is -0.493 e. The molecule has 3 fully saturated rings. The Morgan fingerprint density at radius 3 is 2.74 bits per heavy atom. The molecule has 6 rings (SSSR count). The van der Waals surface area contributed by atoms with Gasteiger partial charge in [-0.3, -0.25) is 14.5 Å². The lowest BCUT2D eigenvalue weighted by Crippen LogP contribution is -2.60. The number of carbonyl (C=O) groups excluding carboxylic acids is 1. The Morgan fingerprint density at radius 1 is 1.09 bits per heavy atom. The molecule has 4 atom stereocenters. The molecular weight excluding hydrogens is 430 g/mol. The van der Waals surface area contributed by atoms with Crippen LogP contribution in [0.15, 0.2) is 34.8 Å². The van der Waals surface area contributed by atoms with Crippen molar-refractivity contribution in [1.82, 2.24) is 14.8 Å². The van der Waals surface area contributed by atoms with E-state index in [4.69, 9.17) is 9.47 Å². The normalized spacial score (nSPS) is 28.6. The maximum Gasteiger partial charge on any atom is 0.259 e. The minimum atomic E-state index is -0.260. The number of aromatic amines is 1. The van der Waals surface area contributed by atoms with Gasteiger partial charge < -0.3 is 19.4 Å². The molecule has 180 valence electrons. The van der Waals surface area contributed by atoms with Crippen molar-refractivity contribution >= 4 is 16.8 Å². The van der Waals surface area contributed by atoms with Crippen molar-refractivity contribution in [3.05, 3.63) is 45.8 Å². The van der Waals surface area contributed by atoms with Crippen LogP contribution in [0.1, 0.15) is 48.9 Å². The number of piperidine rings is 3. The van der Waals surface area contributed by atoms with Gasteiger partial charge in [0.25, 0.3) is 5.91 Å². The van der Waals surface area contributed by atoms with E-state index >= 15 is 0 Å². The first-order valence-electron chi connectivity index (χ1n) is 12.6. The molecule has 0 unspecified atom stereocenters. The van der Waals surface area contributed by atoms with Crippen LogP contribution in [0.4, 0.5) is 0 Å². The average molecular weight is 464 g/mol. The monoisotopic (exact) mass is 463 g/mol. The third-order valence-corrected chi connectivity index (χ3v) is 8.53. The average Bonchev–Trinajstić information content (AvgIpc) is 2.87. The maximum atomic E-state index is 13.8. The maximum absolute atomic E-state index is 13.8. The Balaban J connectivity index is 1.36. The predicted octanol–water partition coefficient (Wildman–Crippen LogP) is 3.58. The quantitative estimate of drug-likeness (QED) is 0.705. The van der Waals surface area contributed by atoms with Gasteiger partial charge in [-0.05, 0) is 56.6 Å². The molecule has 0 spiro atoms. The zero-order chi connectivity index (χ0) is 23.4. The summed E-state index contributed by atoms with van der Waals surface area (Å²) in [5.74, 6) is 1.93. The lowest BCUT2D eigenvalue weighted by molar-refractivity contribution is 0.00143. The number of benzene rings is 1. The molecule has 7 nitrogen and oxygen atoms in total. The SMILES string of the molecule is COc1cc2[nH]cc(C(=O)N3CCCC4=C[C@H]5C[C@@H](CN6CCCC[C@H]56)[C@@H]43)c(=O)c2cc1OC. The van der Waals surface area contributed by atoms with Crippen LogP contribution in [0.2, 0.25) is 0 Å². The number of methoxy groups -OCH3 is 2. The fraction of sp³-hybridized carbons (Fsp3) is 0.556. The third kappa shape index (κ3) is 3.35. The molecule has 4 aliphatic rings. The van der Waals surface area contributed by atoms with Crippen LogP contribution < -0.4 is 14.9 Å². The van der Waals surface area contributed by atoms with Crippen molar-refractivity contribution in [2.75, 3.05) is 33.9 Å². The summed E-state index contributed by atoms with van der Waals surface area (Å²) < 4.78 is 10.7. The van der Waals surface area contributed by atoms with E-state index in [-0.39, 0.29) is 22.9 Å². The number of pyridine rings is 1. The summed E-state index contributed by atoms with van der Waals surface area (Å²) in [7, 11) is 3.11. The highest BCUT2D eigenvalue weighted by Crippen LogP contribution is 2.45. The van der Waals surface area contributed by atoms with E-state index in [1.54, 1.807) is 32.5 Å². The van der Waals surface area contributed by atoms with Gasteiger partial charge >= 0.3 is 0 Å². The molecule has 1 N–H and O–H groups in total. The fourth-order valence-corrected chi connectivity index (χ4v) is 7.06. The fourth-order valence-electron chi connectivity index (χ4n) is 7.06. The number of nitrogens with one attached hydrogen (secondary N) is 1. The van der Waals surface area contributed by atoms with Crippen LogP contribution in [0, 0.1) is 11.8 Å². The Kier molecular flexibility index (Phi) is 5.40. The van der Waals surface area contributed by atoms with E-state index in [2.05, 4.69) is 16.0 Å². The van der Waals surface area contributed by atoms with Crippen molar-refractivity contribution < 1.29 is 14.3 Å². The van der Waals surface area contributed by atoms with Crippen LogP contribution in [0.3, 0.4) is 0 Å². The van der Waals surface area contributed by atoms with Crippen LogP contribution in [0.25, 0.3) is 10.9 Å². The second-order valence-electron chi connectivity index (χ2n) is 10.3. The summed E-state index contributed by atoms with van der Waals surface area (Å²) in [6, 6.07) is 4.19. The highest BCUT2D eigenvalue weighted by Gasteiger charge is 2.47. The zero-order valence-corrected chi connectivity index (χ0v) is 20.0.